The molecule has 0 bridgehead atoms. The highest BCUT2D eigenvalue weighted by Crippen LogP contribution is 2.20. The van der Waals surface area contributed by atoms with Crippen LogP contribution in [-0.2, 0) is 17.1 Å². The minimum absolute atomic E-state index is 0.158. The van der Waals surface area contributed by atoms with Crippen LogP contribution in [0.4, 0.5) is 5.69 Å². The molecule has 7 nitrogen and oxygen atoms in total. The predicted octanol–water partition coefficient (Wildman–Crippen LogP) is 0.867. The van der Waals surface area contributed by atoms with Crippen LogP contribution < -0.4 is 15.2 Å². The van der Waals surface area contributed by atoms with Crippen molar-refractivity contribution in [1.82, 2.24) is 9.78 Å². The van der Waals surface area contributed by atoms with Crippen molar-refractivity contribution < 1.29 is 13.2 Å². The summed E-state index contributed by atoms with van der Waals surface area (Å²) in [4.78, 5) is 0.158. The van der Waals surface area contributed by atoms with Crippen LogP contribution in [0.2, 0.25) is 0 Å². The third kappa shape index (κ3) is 3.73. The minimum atomic E-state index is -3.64. The number of rotatable bonds is 6. The molecule has 2 aromatic rings. The standard InChI is InChI=1S/C13H18N4O3S/c1-10-13(9-17(2)15-10)16-21(18,19)12-5-3-11(4-6-12)20-8-7-14/h3-6,9,16H,7-8,14H2,1-2H3. The maximum Gasteiger partial charge on any atom is 0.262 e. The number of benzene rings is 1. The molecule has 0 saturated heterocycles. The smallest absolute Gasteiger partial charge is 0.262 e. The van der Waals surface area contributed by atoms with Gasteiger partial charge in [-0.2, -0.15) is 5.10 Å². The van der Waals surface area contributed by atoms with E-state index in [1.54, 1.807) is 37.0 Å². The Bertz CT molecular complexity index is 708. The monoisotopic (exact) mass is 310 g/mol. The molecule has 0 spiro atoms. The van der Waals surface area contributed by atoms with Gasteiger partial charge in [0.05, 0.1) is 16.3 Å². The third-order valence-electron chi connectivity index (χ3n) is 2.78. The summed E-state index contributed by atoms with van der Waals surface area (Å²) < 4.78 is 33.9. The van der Waals surface area contributed by atoms with Crippen LogP contribution in [0, 0.1) is 6.92 Å². The van der Waals surface area contributed by atoms with Crippen LogP contribution in [0.3, 0.4) is 0 Å². The van der Waals surface area contributed by atoms with Crippen molar-refractivity contribution in [3.05, 3.63) is 36.2 Å². The molecule has 1 aromatic carbocycles. The van der Waals surface area contributed by atoms with E-state index in [0.717, 1.165) is 0 Å². The Kier molecular flexibility index (Phi) is 4.49. The number of nitrogens with two attached hydrogens (primary N) is 1. The highest BCUT2D eigenvalue weighted by molar-refractivity contribution is 7.92. The van der Waals surface area contributed by atoms with Gasteiger partial charge < -0.3 is 10.5 Å². The molecule has 1 aromatic heterocycles. The topological polar surface area (TPSA) is 99.2 Å². The van der Waals surface area contributed by atoms with Crippen molar-refractivity contribution >= 4 is 15.7 Å². The number of anilines is 1. The number of hydrogen-bond acceptors (Lipinski definition) is 5. The quantitative estimate of drug-likeness (QED) is 0.824. The molecule has 0 saturated carbocycles. The maximum atomic E-state index is 12.3. The van der Waals surface area contributed by atoms with Gasteiger partial charge in [0.25, 0.3) is 10.0 Å². The third-order valence-corrected chi connectivity index (χ3v) is 4.16. The van der Waals surface area contributed by atoms with Crippen molar-refractivity contribution in [3.63, 3.8) is 0 Å². The molecule has 2 rings (SSSR count). The molecule has 114 valence electrons. The van der Waals surface area contributed by atoms with E-state index in [1.165, 1.54) is 12.1 Å². The van der Waals surface area contributed by atoms with Crippen molar-refractivity contribution in [2.24, 2.45) is 12.8 Å². The lowest BCUT2D eigenvalue weighted by molar-refractivity contribution is 0.328. The van der Waals surface area contributed by atoms with Crippen molar-refractivity contribution in [3.8, 4) is 5.75 Å². The van der Waals surface area contributed by atoms with Crippen molar-refractivity contribution in [2.75, 3.05) is 17.9 Å². The molecule has 8 heteroatoms. The maximum absolute atomic E-state index is 12.3. The highest BCUT2D eigenvalue weighted by atomic mass is 32.2. The van der Waals surface area contributed by atoms with Gasteiger partial charge in [-0.1, -0.05) is 0 Å². The van der Waals surface area contributed by atoms with E-state index in [-0.39, 0.29) is 4.90 Å². The second-order valence-corrected chi connectivity index (χ2v) is 6.20. The van der Waals surface area contributed by atoms with E-state index in [2.05, 4.69) is 9.82 Å². The first-order chi connectivity index (χ1) is 9.92. The number of aromatic nitrogens is 2. The van der Waals surface area contributed by atoms with Gasteiger partial charge in [0.1, 0.15) is 12.4 Å². The number of sulfonamides is 1. The Balaban J connectivity index is 2.17. The van der Waals surface area contributed by atoms with Crippen LogP contribution in [-0.4, -0.2) is 31.3 Å². The van der Waals surface area contributed by atoms with E-state index < -0.39 is 10.0 Å². The van der Waals surface area contributed by atoms with E-state index in [9.17, 15) is 8.42 Å². The molecule has 0 aliphatic heterocycles. The number of ether oxygens (including phenoxy) is 1. The molecule has 21 heavy (non-hydrogen) atoms. The van der Waals surface area contributed by atoms with Gasteiger partial charge in [-0.3, -0.25) is 9.40 Å². The summed E-state index contributed by atoms with van der Waals surface area (Å²) in [6.45, 7) is 2.53. The molecule has 0 atom stereocenters. The van der Waals surface area contributed by atoms with Crippen LogP contribution >= 0.6 is 0 Å². The van der Waals surface area contributed by atoms with Gasteiger partial charge in [-0.15, -0.1) is 0 Å². The fraction of sp³-hybridized carbons (Fsp3) is 0.308. The molecular weight excluding hydrogens is 292 g/mol. The first-order valence-corrected chi connectivity index (χ1v) is 7.86. The minimum Gasteiger partial charge on any atom is -0.492 e. The highest BCUT2D eigenvalue weighted by Gasteiger charge is 2.16. The molecular formula is C13H18N4O3S. The molecule has 0 fully saturated rings. The van der Waals surface area contributed by atoms with Gasteiger partial charge in [0, 0.05) is 19.8 Å². The second-order valence-electron chi connectivity index (χ2n) is 4.52. The number of nitrogens with one attached hydrogen (secondary N) is 1. The van der Waals surface area contributed by atoms with Gasteiger partial charge in [-0.25, -0.2) is 8.42 Å². The summed E-state index contributed by atoms with van der Waals surface area (Å²) in [6, 6.07) is 6.17. The molecule has 0 amide bonds. The molecule has 1 heterocycles. The molecule has 3 N–H and O–H groups in total. The zero-order chi connectivity index (χ0) is 15.5. The summed E-state index contributed by atoms with van der Waals surface area (Å²) in [5.74, 6) is 0.581. The van der Waals surface area contributed by atoms with E-state index in [0.29, 0.717) is 30.3 Å². The zero-order valence-corrected chi connectivity index (χ0v) is 12.7. The summed E-state index contributed by atoms with van der Waals surface area (Å²) in [5.41, 5.74) is 6.41. The van der Waals surface area contributed by atoms with E-state index in [4.69, 9.17) is 10.5 Å². The number of nitrogens with zero attached hydrogens (tertiary/aromatic N) is 2. The Morgan fingerprint density at radius 1 is 1.33 bits per heavy atom. The average Bonchev–Trinajstić information content (AvgIpc) is 2.74. The summed E-state index contributed by atoms with van der Waals surface area (Å²) in [6.07, 6.45) is 1.62. The fourth-order valence-corrected chi connectivity index (χ4v) is 2.90. The Morgan fingerprint density at radius 2 is 2.00 bits per heavy atom. The van der Waals surface area contributed by atoms with Crippen LogP contribution in [0.5, 0.6) is 5.75 Å². The first kappa shape index (κ1) is 15.3. The van der Waals surface area contributed by atoms with E-state index in [1.807, 2.05) is 0 Å². The normalized spacial score (nSPS) is 11.4. The van der Waals surface area contributed by atoms with Gasteiger partial charge in [-0.05, 0) is 31.2 Å². The van der Waals surface area contributed by atoms with Crippen LogP contribution in [0.1, 0.15) is 5.69 Å². The van der Waals surface area contributed by atoms with Crippen LogP contribution in [0.25, 0.3) is 0 Å². The molecule has 0 radical (unpaired) electrons. The lowest BCUT2D eigenvalue weighted by atomic mass is 10.3. The molecule has 0 aliphatic rings. The summed E-state index contributed by atoms with van der Waals surface area (Å²) >= 11 is 0. The molecule has 0 unspecified atom stereocenters. The summed E-state index contributed by atoms with van der Waals surface area (Å²) in [5, 5.41) is 4.09. The van der Waals surface area contributed by atoms with Crippen molar-refractivity contribution in [1.29, 1.82) is 0 Å². The van der Waals surface area contributed by atoms with Gasteiger partial charge >= 0.3 is 0 Å². The average molecular weight is 310 g/mol. The lowest BCUT2D eigenvalue weighted by Crippen LogP contribution is -2.13. The number of hydrogen-bond donors (Lipinski definition) is 2. The lowest BCUT2D eigenvalue weighted by Gasteiger charge is -2.08. The summed E-state index contributed by atoms with van der Waals surface area (Å²) in [7, 11) is -1.91. The second kappa shape index (κ2) is 6.15. The zero-order valence-electron chi connectivity index (χ0n) is 11.9. The molecule has 0 aliphatic carbocycles. The number of aryl methyl sites for hydroxylation is 2. The SMILES string of the molecule is Cc1nn(C)cc1NS(=O)(=O)c1ccc(OCCN)cc1. The van der Waals surface area contributed by atoms with Crippen LogP contribution in [0.15, 0.2) is 35.4 Å². The van der Waals surface area contributed by atoms with Crippen molar-refractivity contribution in [2.45, 2.75) is 11.8 Å². The predicted molar refractivity (Wildman–Crippen MR) is 79.7 cm³/mol. The van der Waals surface area contributed by atoms with E-state index >= 15 is 0 Å². The Morgan fingerprint density at radius 3 is 2.52 bits per heavy atom. The Hall–Kier alpha value is -2.06. The Labute approximate surface area is 123 Å². The largest absolute Gasteiger partial charge is 0.492 e. The fourth-order valence-electron chi connectivity index (χ4n) is 1.80. The first-order valence-electron chi connectivity index (χ1n) is 6.38. The van der Waals surface area contributed by atoms with Gasteiger partial charge in [0.2, 0.25) is 0 Å². The van der Waals surface area contributed by atoms with Gasteiger partial charge in [0.15, 0.2) is 0 Å².